The zero-order valence-corrected chi connectivity index (χ0v) is 40.9. The van der Waals surface area contributed by atoms with E-state index in [1.54, 1.807) is 0 Å². The van der Waals surface area contributed by atoms with Crippen molar-refractivity contribution in [2.24, 2.45) is 0 Å². The molecule has 6 nitrogen and oxygen atoms in total. The van der Waals surface area contributed by atoms with Gasteiger partial charge in [0.15, 0.2) is 6.10 Å². The normalized spacial score (nSPS) is 12.1. The second kappa shape index (κ2) is 50.5. The minimum Gasteiger partial charge on any atom is -0.462 e. The smallest absolute Gasteiger partial charge is 0.306 e. The predicted molar refractivity (Wildman–Crippen MR) is 261 cm³/mol. The highest BCUT2D eigenvalue weighted by molar-refractivity contribution is 5.71. The van der Waals surface area contributed by atoms with Crippen molar-refractivity contribution in [2.75, 3.05) is 13.2 Å². The van der Waals surface area contributed by atoms with E-state index in [0.29, 0.717) is 19.3 Å². The van der Waals surface area contributed by atoms with E-state index < -0.39 is 6.10 Å². The molecule has 0 radical (unpaired) electrons. The fraction of sp³-hybridized carbons (Fsp3) is 0.873. The second-order valence-electron chi connectivity index (χ2n) is 18.1. The Kier molecular flexibility index (Phi) is 48.8. The molecule has 358 valence electrons. The standard InChI is InChI=1S/C55H102O6/c1-4-7-10-13-16-19-22-25-26-27-28-31-33-36-39-42-45-48-54(57)60-51-52(61-55(58)49-46-43-40-37-34-30-24-21-18-15-12-9-6-3)50-59-53(56)47-44-41-38-35-32-29-23-20-17-14-11-8-5-2/h21,24-26,52H,4-20,22-23,27-51H2,1-3H3/b24-21+,26-25+/t52-/m1/s1. The molecule has 0 fully saturated rings. The molecule has 0 saturated heterocycles. The van der Waals surface area contributed by atoms with Crippen molar-refractivity contribution in [3.05, 3.63) is 24.3 Å². The first-order chi connectivity index (χ1) is 30.0. The van der Waals surface area contributed by atoms with Gasteiger partial charge in [0.1, 0.15) is 13.2 Å². The molecule has 0 heterocycles. The predicted octanol–water partition coefficient (Wildman–Crippen LogP) is 17.5. The molecular weight excluding hydrogens is 757 g/mol. The van der Waals surface area contributed by atoms with Crippen molar-refractivity contribution in [2.45, 2.75) is 297 Å². The molecule has 0 aromatic rings. The third-order valence-electron chi connectivity index (χ3n) is 11.9. The largest absolute Gasteiger partial charge is 0.462 e. The Morgan fingerprint density at radius 2 is 0.541 bits per heavy atom. The van der Waals surface area contributed by atoms with Crippen LogP contribution in [0.1, 0.15) is 290 Å². The van der Waals surface area contributed by atoms with Crippen LogP contribution in [0.25, 0.3) is 0 Å². The van der Waals surface area contributed by atoms with E-state index >= 15 is 0 Å². The summed E-state index contributed by atoms with van der Waals surface area (Å²) in [5.74, 6) is -0.871. The van der Waals surface area contributed by atoms with Crippen molar-refractivity contribution >= 4 is 17.9 Å². The summed E-state index contributed by atoms with van der Waals surface area (Å²) < 4.78 is 16.8. The SMILES string of the molecule is CCCCCC/C=C/CCCCCCCC(=O)O[C@@H](COC(=O)CCCCCCCCC/C=C/CCCCCCCC)COC(=O)CCCCCCCCCCCCCCC. The molecule has 0 spiro atoms. The zero-order valence-electron chi connectivity index (χ0n) is 40.9. The Labute approximate surface area is 379 Å². The van der Waals surface area contributed by atoms with Gasteiger partial charge in [0.05, 0.1) is 0 Å². The van der Waals surface area contributed by atoms with Crippen LogP contribution in [0, 0.1) is 0 Å². The molecule has 0 saturated carbocycles. The molecule has 61 heavy (non-hydrogen) atoms. The third kappa shape index (κ3) is 48.8. The van der Waals surface area contributed by atoms with Gasteiger partial charge in [0, 0.05) is 19.3 Å². The number of rotatable bonds is 49. The van der Waals surface area contributed by atoms with Gasteiger partial charge in [-0.1, -0.05) is 225 Å². The van der Waals surface area contributed by atoms with E-state index in [0.717, 1.165) is 64.2 Å². The van der Waals surface area contributed by atoms with E-state index in [4.69, 9.17) is 14.2 Å². The van der Waals surface area contributed by atoms with Crippen LogP contribution >= 0.6 is 0 Å². The number of unbranched alkanes of at least 4 members (excludes halogenated alkanes) is 34. The molecule has 0 aliphatic heterocycles. The number of carbonyl (C=O) groups excluding carboxylic acids is 3. The molecule has 0 aliphatic rings. The van der Waals surface area contributed by atoms with Crippen LogP contribution < -0.4 is 0 Å². The maximum Gasteiger partial charge on any atom is 0.306 e. The molecule has 0 bridgehead atoms. The number of esters is 3. The van der Waals surface area contributed by atoms with Gasteiger partial charge >= 0.3 is 17.9 Å². The summed E-state index contributed by atoms with van der Waals surface area (Å²) in [5.41, 5.74) is 0. The average molecular weight is 859 g/mol. The fourth-order valence-electron chi connectivity index (χ4n) is 7.84. The molecule has 0 aromatic heterocycles. The van der Waals surface area contributed by atoms with E-state index in [2.05, 4.69) is 45.1 Å². The van der Waals surface area contributed by atoms with Crippen LogP contribution in [0.5, 0.6) is 0 Å². The van der Waals surface area contributed by atoms with Crippen molar-refractivity contribution in [3.63, 3.8) is 0 Å². The lowest BCUT2D eigenvalue weighted by molar-refractivity contribution is -0.167. The fourth-order valence-corrected chi connectivity index (χ4v) is 7.84. The summed E-state index contributed by atoms with van der Waals surface area (Å²) in [5, 5.41) is 0. The van der Waals surface area contributed by atoms with Gasteiger partial charge < -0.3 is 14.2 Å². The van der Waals surface area contributed by atoms with Crippen LogP contribution in [0.3, 0.4) is 0 Å². The summed E-state index contributed by atoms with van der Waals surface area (Å²) in [6.45, 7) is 6.64. The van der Waals surface area contributed by atoms with Crippen LogP contribution in [0.2, 0.25) is 0 Å². The topological polar surface area (TPSA) is 78.9 Å². The number of allylic oxidation sites excluding steroid dienone is 4. The summed E-state index contributed by atoms with van der Waals surface area (Å²) in [7, 11) is 0. The highest BCUT2D eigenvalue weighted by Gasteiger charge is 2.19. The van der Waals surface area contributed by atoms with Gasteiger partial charge in [-0.15, -0.1) is 0 Å². The lowest BCUT2D eigenvalue weighted by Gasteiger charge is -2.18. The lowest BCUT2D eigenvalue weighted by Crippen LogP contribution is -2.30. The highest BCUT2D eigenvalue weighted by Crippen LogP contribution is 2.16. The monoisotopic (exact) mass is 859 g/mol. The van der Waals surface area contributed by atoms with Gasteiger partial charge in [0.25, 0.3) is 0 Å². The first-order valence-corrected chi connectivity index (χ1v) is 26.8. The molecule has 0 unspecified atom stereocenters. The molecule has 0 N–H and O–H groups in total. The molecular formula is C55H102O6. The molecule has 0 aliphatic carbocycles. The van der Waals surface area contributed by atoms with E-state index in [1.165, 1.54) is 186 Å². The number of carbonyl (C=O) groups is 3. The maximum atomic E-state index is 12.8. The number of ether oxygens (including phenoxy) is 3. The Morgan fingerprint density at radius 3 is 0.836 bits per heavy atom. The van der Waals surface area contributed by atoms with E-state index in [9.17, 15) is 14.4 Å². The Bertz CT molecular complexity index is 989. The quantitative estimate of drug-likeness (QED) is 0.0262. The van der Waals surface area contributed by atoms with Crippen LogP contribution in [0.4, 0.5) is 0 Å². The Balaban J connectivity index is 4.34. The van der Waals surface area contributed by atoms with Crippen molar-refractivity contribution in [1.82, 2.24) is 0 Å². The molecule has 0 rings (SSSR count). The van der Waals surface area contributed by atoms with Crippen molar-refractivity contribution in [3.8, 4) is 0 Å². The van der Waals surface area contributed by atoms with Crippen molar-refractivity contribution < 1.29 is 28.6 Å². The van der Waals surface area contributed by atoms with Gasteiger partial charge in [-0.3, -0.25) is 14.4 Å². The van der Waals surface area contributed by atoms with Crippen molar-refractivity contribution in [1.29, 1.82) is 0 Å². The lowest BCUT2D eigenvalue weighted by atomic mass is 10.0. The average Bonchev–Trinajstić information content (AvgIpc) is 3.26. The number of hydrogen-bond donors (Lipinski definition) is 0. The minimum atomic E-state index is -0.772. The van der Waals surface area contributed by atoms with Gasteiger partial charge in [0.2, 0.25) is 0 Å². The summed E-state index contributed by atoms with van der Waals surface area (Å²) in [6.07, 6.45) is 57.3. The van der Waals surface area contributed by atoms with Gasteiger partial charge in [-0.05, 0) is 70.6 Å². The van der Waals surface area contributed by atoms with Crippen LogP contribution in [0.15, 0.2) is 24.3 Å². The second-order valence-corrected chi connectivity index (χ2v) is 18.1. The summed E-state index contributed by atoms with van der Waals surface area (Å²) in [4.78, 5) is 38.0. The van der Waals surface area contributed by atoms with Crippen LogP contribution in [-0.4, -0.2) is 37.2 Å². The summed E-state index contributed by atoms with van der Waals surface area (Å²) >= 11 is 0. The molecule has 0 amide bonds. The Hall–Kier alpha value is -2.11. The van der Waals surface area contributed by atoms with Gasteiger partial charge in [-0.25, -0.2) is 0 Å². The maximum absolute atomic E-state index is 12.8. The van der Waals surface area contributed by atoms with E-state index in [-0.39, 0.29) is 31.1 Å². The van der Waals surface area contributed by atoms with Gasteiger partial charge in [-0.2, -0.15) is 0 Å². The zero-order chi connectivity index (χ0) is 44.4. The highest BCUT2D eigenvalue weighted by atomic mass is 16.6. The van der Waals surface area contributed by atoms with Crippen LogP contribution in [-0.2, 0) is 28.6 Å². The first kappa shape index (κ1) is 58.9. The summed E-state index contributed by atoms with van der Waals surface area (Å²) in [6, 6.07) is 0. The van der Waals surface area contributed by atoms with E-state index in [1.807, 2.05) is 0 Å². The third-order valence-corrected chi connectivity index (χ3v) is 11.9. The molecule has 0 aromatic carbocycles. The Morgan fingerprint density at radius 1 is 0.311 bits per heavy atom. The molecule has 6 heteroatoms. The molecule has 1 atom stereocenters. The first-order valence-electron chi connectivity index (χ1n) is 26.8. The number of hydrogen-bond acceptors (Lipinski definition) is 6. The minimum absolute atomic E-state index is 0.0721.